The van der Waals surface area contributed by atoms with E-state index in [9.17, 15) is 0 Å². The molecule has 4 heteroatoms. The monoisotopic (exact) mass is 222 g/mol. The molecule has 2 heterocycles. The normalized spacial score (nSPS) is 16.5. The Labute approximate surface area is 95.9 Å². The van der Waals surface area contributed by atoms with Crippen LogP contribution in [0.2, 0.25) is 0 Å². The molecule has 0 aromatic carbocycles. The van der Waals surface area contributed by atoms with E-state index in [0.717, 1.165) is 37.7 Å². The molecule has 16 heavy (non-hydrogen) atoms. The molecule has 1 saturated heterocycles. The smallest absolute Gasteiger partial charge is 0.128 e. The van der Waals surface area contributed by atoms with Crippen molar-refractivity contribution in [1.29, 1.82) is 0 Å². The molecule has 0 amide bonds. The Morgan fingerprint density at radius 1 is 1.44 bits per heavy atom. The number of pyridine rings is 1. The summed E-state index contributed by atoms with van der Waals surface area (Å²) in [6.07, 6.45) is 2.55. The Balaban J connectivity index is 2.13. The molecule has 1 fully saturated rings. The summed E-state index contributed by atoms with van der Waals surface area (Å²) in [4.78, 5) is 6.68. The highest BCUT2D eigenvalue weighted by Crippen LogP contribution is 2.17. The highest BCUT2D eigenvalue weighted by atomic mass is 16.5. The van der Waals surface area contributed by atoms with Gasteiger partial charge in [0.25, 0.3) is 0 Å². The minimum Gasteiger partial charge on any atom is -0.396 e. The van der Waals surface area contributed by atoms with Crippen molar-refractivity contribution in [2.24, 2.45) is 0 Å². The maximum atomic E-state index is 8.91. The average molecular weight is 222 g/mol. The van der Waals surface area contributed by atoms with Crippen molar-refractivity contribution in [2.45, 2.75) is 13.3 Å². The molecular weight excluding hydrogens is 204 g/mol. The fourth-order valence-electron chi connectivity index (χ4n) is 1.92. The molecule has 0 atom stereocenters. The van der Waals surface area contributed by atoms with Gasteiger partial charge in [-0.15, -0.1) is 0 Å². The molecule has 1 aliphatic heterocycles. The molecule has 1 aromatic rings. The predicted octanol–water partition coefficient (Wildman–Crippen LogP) is 0.761. The predicted molar refractivity (Wildman–Crippen MR) is 62.8 cm³/mol. The zero-order valence-corrected chi connectivity index (χ0v) is 9.65. The van der Waals surface area contributed by atoms with Gasteiger partial charge in [-0.3, -0.25) is 0 Å². The lowest BCUT2D eigenvalue weighted by Crippen LogP contribution is -2.36. The largest absolute Gasteiger partial charge is 0.396 e. The maximum absolute atomic E-state index is 8.91. The first-order chi connectivity index (χ1) is 7.81. The van der Waals surface area contributed by atoms with E-state index in [1.54, 1.807) is 0 Å². The Morgan fingerprint density at radius 2 is 2.19 bits per heavy atom. The van der Waals surface area contributed by atoms with Crippen LogP contribution in [0, 0.1) is 6.92 Å². The molecule has 0 unspecified atom stereocenters. The number of aryl methyl sites for hydroxylation is 1. The second-order valence-corrected chi connectivity index (χ2v) is 4.04. The van der Waals surface area contributed by atoms with Crippen LogP contribution >= 0.6 is 0 Å². The summed E-state index contributed by atoms with van der Waals surface area (Å²) in [6.45, 7) is 5.62. The fourth-order valence-corrected chi connectivity index (χ4v) is 1.92. The number of anilines is 1. The van der Waals surface area contributed by atoms with E-state index < -0.39 is 0 Å². The molecule has 4 nitrogen and oxygen atoms in total. The lowest BCUT2D eigenvalue weighted by molar-refractivity contribution is 0.122. The summed E-state index contributed by atoms with van der Waals surface area (Å²) in [6, 6.07) is 2.09. The molecule has 88 valence electrons. The lowest BCUT2D eigenvalue weighted by Gasteiger charge is -2.28. The molecule has 1 N–H and O–H groups in total. The Morgan fingerprint density at radius 3 is 2.81 bits per heavy atom. The van der Waals surface area contributed by atoms with Crippen LogP contribution in [0.3, 0.4) is 0 Å². The minimum absolute atomic E-state index is 0.180. The number of ether oxygens (including phenoxy) is 1. The first-order valence-corrected chi connectivity index (χ1v) is 5.70. The van der Waals surface area contributed by atoms with Gasteiger partial charge in [-0.1, -0.05) is 0 Å². The molecule has 0 spiro atoms. The SMILES string of the molecule is Cc1cc(N2CCOCC2)ncc1CCO. The molecule has 2 rings (SSSR count). The first kappa shape index (κ1) is 11.4. The number of hydrogen-bond acceptors (Lipinski definition) is 4. The quantitative estimate of drug-likeness (QED) is 0.820. The van der Waals surface area contributed by atoms with Crippen LogP contribution < -0.4 is 4.90 Å². The molecule has 0 saturated carbocycles. The molecular formula is C12H18N2O2. The van der Waals surface area contributed by atoms with E-state index >= 15 is 0 Å². The minimum atomic E-state index is 0.180. The van der Waals surface area contributed by atoms with Crippen LogP contribution in [0.25, 0.3) is 0 Å². The Kier molecular flexibility index (Phi) is 3.74. The zero-order valence-electron chi connectivity index (χ0n) is 9.65. The molecule has 0 bridgehead atoms. The lowest BCUT2D eigenvalue weighted by atomic mass is 10.1. The average Bonchev–Trinajstić information content (AvgIpc) is 2.33. The van der Waals surface area contributed by atoms with Crippen molar-refractivity contribution >= 4 is 5.82 Å². The number of nitrogens with zero attached hydrogens (tertiary/aromatic N) is 2. The van der Waals surface area contributed by atoms with Crippen LogP contribution in [0.1, 0.15) is 11.1 Å². The van der Waals surface area contributed by atoms with Gasteiger partial charge in [0.15, 0.2) is 0 Å². The van der Waals surface area contributed by atoms with Crippen molar-refractivity contribution < 1.29 is 9.84 Å². The van der Waals surface area contributed by atoms with E-state index in [1.165, 1.54) is 5.56 Å². The van der Waals surface area contributed by atoms with Gasteiger partial charge in [0, 0.05) is 25.9 Å². The summed E-state index contributed by atoms with van der Waals surface area (Å²) in [5.41, 5.74) is 2.32. The number of morpholine rings is 1. The van der Waals surface area contributed by atoms with Gasteiger partial charge >= 0.3 is 0 Å². The van der Waals surface area contributed by atoms with E-state index in [2.05, 4.69) is 22.9 Å². The number of aliphatic hydroxyl groups is 1. The third kappa shape index (κ3) is 2.51. The van der Waals surface area contributed by atoms with Crippen LogP contribution in [-0.4, -0.2) is 43.0 Å². The van der Waals surface area contributed by atoms with Gasteiger partial charge in [0.05, 0.1) is 13.2 Å². The third-order valence-electron chi connectivity index (χ3n) is 2.92. The molecule has 0 aliphatic carbocycles. The Hall–Kier alpha value is -1.13. The standard InChI is InChI=1S/C12H18N2O2/c1-10-8-12(13-9-11(10)2-5-15)14-3-6-16-7-4-14/h8-9,15H,2-7H2,1H3. The fraction of sp³-hybridized carbons (Fsp3) is 0.583. The van der Waals surface area contributed by atoms with Gasteiger partial charge in [0.1, 0.15) is 5.82 Å². The van der Waals surface area contributed by atoms with Gasteiger partial charge in [-0.2, -0.15) is 0 Å². The van der Waals surface area contributed by atoms with E-state index in [0.29, 0.717) is 6.42 Å². The third-order valence-corrected chi connectivity index (χ3v) is 2.92. The van der Waals surface area contributed by atoms with E-state index in [1.807, 2.05) is 6.20 Å². The van der Waals surface area contributed by atoms with Crippen molar-refractivity contribution in [3.63, 3.8) is 0 Å². The van der Waals surface area contributed by atoms with Crippen molar-refractivity contribution in [2.75, 3.05) is 37.8 Å². The van der Waals surface area contributed by atoms with Crippen LogP contribution in [0.15, 0.2) is 12.3 Å². The highest BCUT2D eigenvalue weighted by molar-refractivity contribution is 5.43. The molecule has 1 aliphatic rings. The second-order valence-electron chi connectivity index (χ2n) is 4.04. The van der Waals surface area contributed by atoms with Crippen molar-refractivity contribution in [3.05, 3.63) is 23.4 Å². The number of hydrogen-bond donors (Lipinski definition) is 1. The highest BCUT2D eigenvalue weighted by Gasteiger charge is 2.12. The second kappa shape index (κ2) is 5.27. The summed E-state index contributed by atoms with van der Waals surface area (Å²) in [7, 11) is 0. The molecule has 0 radical (unpaired) electrons. The topological polar surface area (TPSA) is 45.6 Å². The van der Waals surface area contributed by atoms with Gasteiger partial charge in [0.2, 0.25) is 0 Å². The van der Waals surface area contributed by atoms with Crippen LogP contribution in [-0.2, 0) is 11.2 Å². The number of rotatable bonds is 3. The van der Waals surface area contributed by atoms with Gasteiger partial charge in [-0.05, 0) is 30.5 Å². The molecule has 1 aromatic heterocycles. The summed E-state index contributed by atoms with van der Waals surface area (Å²) in [5.74, 6) is 1.02. The summed E-state index contributed by atoms with van der Waals surface area (Å²) in [5, 5.41) is 8.91. The number of aromatic nitrogens is 1. The first-order valence-electron chi connectivity index (χ1n) is 5.70. The van der Waals surface area contributed by atoms with Gasteiger partial charge < -0.3 is 14.7 Å². The van der Waals surface area contributed by atoms with Crippen LogP contribution in [0.4, 0.5) is 5.82 Å². The van der Waals surface area contributed by atoms with E-state index in [-0.39, 0.29) is 6.61 Å². The van der Waals surface area contributed by atoms with Crippen LogP contribution in [0.5, 0.6) is 0 Å². The number of aliphatic hydroxyl groups excluding tert-OH is 1. The Bertz CT molecular complexity index is 349. The maximum Gasteiger partial charge on any atom is 0.128 e. The van der Waals surface area contributed by atoms with Gasteiger partial charge in [-0.25, -0.2) is 4.98 Å². The van der Waals surface area contributed by atoms with Crippen molar-refractivity contribution in [1.82, 2.24) is 4.98 Å². The zero-order chi connectivity index (χ0) is 11.4. The summed E-state index contributed by atoms with van der Waals surface area (Å²) < 4.78 is 5.31. The van der Waals surface area contributed by atoms with E-state index in [4.69, 9.17) is 9.84 Å². The summed E-state index contributed by atoms with van der Waals surface area (Å²) >= 11 is 0. The van der Waals surface area contributed by atoms with Crippen molar-refractivity contribution in [3.8, 4) is 0 Å².